The van der Waals surface area contributed by atoms with Crippen LogP contribution >= 0.6 is 0 Å². The molecule has 1 heterocycles. The Hall–Kier alpha value is -3.22. The number of esters is 1. The van der Waals surface area contributed by atoms with Crippen molar-refractivity contribution < 1.29 is 33.6 Å². The largest absolute Gasteiger partial charge is 0.493 e. The highest BCUT2D eigenvalue weighted by Gasteiger charge is 2.43. The summed E-state index contributed by atoms with van der Waals surface area (Å²) in [6, 6.07) is 9.45. The molecule has 0 unspecified atom stereocenters. The third-order valence-electron chi connectivity index (χ3n) is 6.57. The number of cyclic esters (lactones) is 1. The SMILES string of the molecule is COc1ccc(-c2ccc3c(c2)COC3=O)c(OCC2(CCCCCC(=O)O)CC2)c1OC. The molecule has 2 aromatic carbocycles. The zero-order valence-electron chi connectivity index (χ0n) is 19.1. The number of fused-ring (bicyclic) bond motifs is 1. The van der Waals surface area contributed by atoms with E-state index in [9.17, 15) is 9.59 Å². The van der Waals surface area contributed by atoms with Gasteiger partial charge in [-0.05, 0) is 55.5 Å². The summed E-state index contributed by atoms with van der Waals surface area (Å²) in [5.74, 6) is 0.729. The van der Waals surface area contributed by atoms with E-state index in [1.807, 2.05) is 24.3 Å². The highest BCUT2D eigenvalue weighted by Crippen LogP contribution is 2.52. The van der Waals surface area contributed by atoms with Crippen LogP contribution in [-0.2, 0) is 16.1 Å². The number of benzene rings is 2. The molecule has 2 aliphatic rings. The summed E-state index contributed by atoms with van der Waals surface area (Å²) in [5, 5.41) is 8.81. The first-order chi connectivity index (χ1) is 16.0. The molecular formula is C26H30O7. The average Bonchev–Trinajstić information content (AvgIpc) is 3.50. The number of carbonyl (C=O) groups is 2. The second kappa shape index (κ2) is 9.73. The third kappa shape index (κ3) is 5.07. The Morgan fingerprint density at radius 2 is 1.82 bits per heavy atom. The lowest BCUT2D eigenvalue weighted by atomic mass is 9.97. The molecule has 0 atom stereocenters. The molecule has 2 aromatic rings. The van der Waals surface area contributed by atoms with Crippen molar-refractivity contribution in [2.75, 3.05) is 20.8 Å². The summed E-state index contributed by atoms with van der Waals surface area (Å²) in [5.41, 5.74) is 3.38. The van der Waals surface area contributed by atoms with Gasteiger partial charge in [0, 0.05) is 23.0 Å². The maximum absolute atomic E-state index is 11.8. The number of rotatable bonds is 12. The van der Waals surface area contributed by atoms with Gasteiger partial charge in [-0.25, -0.2) is 4.79 Å². The smallest absolute Gasteiger partial charge is 0.338 e. The monoisotopic (exact) mass is 454 g/mol. The Bertz CT molecular complexity index is 1040. The fraction of sp³-hybridized carbons (Fsp3) is 0.462. The molecular weight excluding hydrogens is 424 g/mol. The van der Waals surface area contributed by atoms with Gasteiger partial charge in [-0.2, -0.15) is 0 Å². The average molecular weight is 455 g/mol. The number of hydrogen-bond donors (Lipinski definition) is 1. The van der Waals surface area contributed by atoms with Crippen molar-refractivity contribution in [3.05, 3.63) is 41.5 Å². The van der Waals surface area contributed by atoms with Crippen LogP contribution in [0.25, 0.3) is 11.1 Å². The maximum Gasteiger partial charge on any atom is 0.338 e. The van der Waals surface area contributed by atoms with E-state index in [4.69, 9.17) is 24.1 Å². The molecule has 0 amide bonds. The van der Waals surface area contributed by atoms with Crippen LogP contribution in [0.2, 0.25) is 0 Å². The molecule has 0 bridgehead atoms. The lowest BCUT2D eigenvalue weighted by molar-refractivity contribution is -0.137. The molecule has 0 saturated heterocycles. The highest BCUT2D eigenvalue weighted by molar-refractivity contribution is 5.94. The van der Waals surface area contributed by atoms with Gasteiger partial charge in [0.2, 0.25) is 5.75 Å². The molecule has 1 saturated carbocycles. The third-order valence-corrected chi connectivity index (χ3v) is 6.57. The number of unbranched alkanes of at least 4 members (excludes halogenated alkanes) is 2. The van der Waals surface area contributed by atoms with Crippen LogP contribution < -0.4 is 14.2 Å². The van der Waals surface area contributed by atoms with Crippen LogP contribution in [0.1, 0.15) is 60.9 Å². The molecule has 1 aliphatic heterocycles. The minimum Gasteiger partial charge on any atom is -0.493 e. The molecule has 7 nitrogen and oxygen atoms in total. The summed E-state index contributed by atoms with van der Waals surface area (Å²) in [4.78, 5) is 22.5. The van der Waals surface area contributed by atoms with E-state index in [0.29, 0.717) is 35.8 Å². The number of aliphatic carboxylic acids is 1. The molecule has 1 N–H and O–H groups in total. The van der Waals surface area contributed by atoms with Gasteiger partial charge in [0.05, 0.1) is 26.4 Å². The van der Waals surface area contributed by atoms with E-state index in [2.05, 4.69) is 0 Å². The maximum atomic E-state index is 11.8. The molecule has 0 aromatic heterocycles. The Morgan fingerprint density at radius 1 is 1.03 bits per heavy atom. The number of ether oxygens (including phenoxy) is 4. The summed E-state index contributed by atoms with van der Waals surface area (Å²) in [7, 11) is 3.19. The van der Waals surface area contributed by atoms with Crippen LogP contribution in [0.15, 0.2) is 30.3 Å². The van der Waals surface area contributed by atoms with E-state index < -0.39 is 5.97 Å². The van der Waals surface area contributed by atoms with E-state index in [1.165, 1.54) is 0 Å². The Labute approximate surface area is 193 Å². The molecule has 7 heteroatoms. The van der Waals surface area contributed by atoms with E-state index in [-0.39, 0.29) is 24.4 Å². The standard InChI is InChI=1S/C26H30O7/c1-30-21-10-9-19(17-7-8-20-18(14-17)15-32-25(20)29)23(24(21)31-2)33-16-26(12-13-26)11-5-3-4-6-22(27)28/h7-10,14H,3-6,11-13,15-16H2,1-2H3,(H,27,28). The first kappa shape index (κ1) is 23.0. The summed E-state index contributed by atoms with van der Waals surface area (Å²) in [6.45, 7) is 0.839. The van der Waals surface area contributed by atoms with Gasteiger partial charge >= 0.3 is 11.9 Å². The van der Waals surface area contributed by atoms with Gasteiger partial charge in [0.1, 0.15) is 6.61 Å². The molecule has 0 radical (unpaired) electrons. The second-order valence-electron chi connectivity index (χ2n) is 8.87. The van der Waals surface area contributed by atoms with E-state index in [0.717, 1.165) is 48.8 Å². The van der Waals surface area contributed by atoms with Crippen molar-refractivity contribution in [2.24, 2.45) is 5.41 Å². The fourth-order valence-corrected chi connectivity index (χ4v) is 4.39. The Kier molecular flexibility index (Phi) is 6.77. The Morgan fingerprint density at radius 3 is 2.52 bits per heavy atom. The predicted molar refractivity (Wildman–Crippen MR) is 122 cm³/mol. The first-order valence-electron chi connectivity index (χ1n) is 11.4. The van der Waals surface area contributed by atoms with Crippen molar-refractivity contribution >= 4 is 11.9 Å². The minimum atomic E-state index is -0.736. The van der Waals surface area contributed by atoms with Crippen molar-refractivity contribution in [2.45, 2.75) is 51.6 Å². The van der Waals surface area contributed by atoms with Crippen LogP contribution in [0.4, 0.5) is 0 Å². The van der Waals surface area contributed by atoms with Crippen molar-refractivity contribution in [3.63, 3.8) is 0 Å². The van der Waals surface area contributed by atoms with Crippen LogP contribution in [0, 0.1) is 5.41 Å². The molecule has 33 heavy (non-hydrogen) atoms. The molecule has 176 valence electrons. The van der Waals surface area contributed by atoms with Crippen LogP contribution in [-0.4, -0.2) is 37.9 Å². The summed E-state index contributed by atoms with van der Waals surface area (Å²) in [6.07, 6.45) is 6.08. The van der Waals surface area contributed by atoms with Crippen LogP contribution in [0.3, 0.4) is 0 Å². The number of carboxylic acid groups (broad SMARTS) is 1. The normalized spacial score (nSPS) is 15.5. The molecule has 1 aliphatic carbocycles. The predicted octanol–water partition coefficient (Wildman–Crippen LogP) is 5.24. The lowest BCUT2D eigenvalue weighted by Crippen LogP contribution is -2.14. The molecule has 4 rings (SSSR count). The van der Waals surface area contributed by atoms with Gasteiger partial charge in [-0.3, -0.25) is 4.79 Å². The van der Waals surface area contributed by atoms with Gasteiger partial charge in [0.15, 0.2) is 11.5 Å². The first-order valence-corrected chi connectivity index (χ1v) is 11.4. The zero-order valence-corrected chi connectivity index (χ0v) is 19.1. The quantitative estimate of drug-likeness (QED) is 0.347. The van der Waals surface area contributed by atoms with E-state index in [1.54, 1.807) is 20.3 Å². The second-order valence-corrected chi connectivity index (χ2v) is 8.87. The Balaban J connectivity index is 1.53. The number of carboxylic acids is 1. The molecule has 1 fully saturated rings. The van der Waals surface area contributed by atoms with Crippen molar-refractivity contribution in [1.82, 2.24) is 0 Å². The topological polar surface area (TPSA) is 91.3 Å². The molecule has 0 spiro atoms. The number of carbonyl (C=O) groups excluding carboxylic acids is 1. The van der Waals surface area contributed by atoms with Gasteiger partial charge < -0.3 is 24.1 Å². The fourth-order valence-electron chi connectivity index (χ4n) is 4.39. The van der Waals surface area contributed by atoms with Gasteiger partial charge in [-0.15, -0.1) is 0 Å². The van der Waals surface area contributed by atoms with E-state index >= 15 is 0 Å². The number of hydrogen-bond acceptors (Lipinski definition) is 6. The van der Waals surface area contributed by atoms with Crippen molar-refractivity contribution in [1.29, 1.82) is 0 Å². The van der Waals surface area contributed by atoms with Crippen LogP contribution in [0.5, 0.6) is 17.2 Å². The highest BCUT2D eigenvalue weighted by atomic mass is 16.5. The number of methoxy groups -OCH3 is 2. The zero-order chi connectivity index (χ0) is 23.4. The lowest BCUT2D eigenvalue weighted by Gasteiger charge is -2.21. The minimum absolute atomic E-state index is 0.132. The summed E-state index contributed by atoms with van der Waals surface area (Å²) < 4.78 is 22.7. The van der Waals surface area contributed by atoms with Gasteiger partial charge in [0.25, 0.3) is 0 Å². The van der Waals surface area contributed by atoms with Crippen molar-refractivity contribution in [3.8, 4) is 28.4 Å². The van der Waals surface area contributed by atoms with Gasteiger partial charge in [-0.1, -0.05) is 18.9 Å². The summed E-state index contributed by atoms with van der Waals surface area (Å²) >= 11 is 0.